The molecule has 0 aliphatic carbocycles. The van der Waals surface area contributed by atoms with E-state index in [0.717, 1.165) is 0 Å². The molecule has 1 saturated heterocycles. The molecule has 20 heavy (non-hydrogen) atoms. The van der Waals surface area contributed by atoms with Crippen molar-refractivity contribution < 1.29 is 19.4 Å². The van der Waals surface area contributed by atoms with Crippen LogP contribution in [0.3, 0.4) is 0 Å². The molecule has 3 N–H and O–H groups in total. The normalized spacial score (nSPS) is 25.8. The Morgan fingerprint density at radius 3 is 2.50 bits per heavy atom. The Balaban J connectivity index is 2.65. The average molecular weight is 284 g/mol. The Bertz CT molecular complexity index is 389. The van der Waals surface area contributed by atoms with Gasteiger partial charge in [0.2, 0.25) is 0 Å². The number of aliphatic carboxylic acids is 1. The number of esters is 1. The van der Waals surface area contributed by atoms with Crippen molar-refractivity contribution in [2.75, 3.05) is 6.54 Å². The molecule has 0 amide bonds. The molecule has 114 valence electrons. The van der Waals surface area contributed by atoms with E-state index >= 15 is 0 Å². The summed E-state index contributed by atoms with van der Waals surface area (Å²) in [6, 6.07) is -0.815. The molecule has 1 aliphatic heterocycles. The number of ether oxygens (including phenoxy) is 1. The zero-order chi connectivity index (χ0) is 15.5. The molecule has 0 bridgehead atoms. The van der Waals surface area contributed by atoms with Crippen LogP contribution in [0.5, 0.6) is 0 Å². The van der Waals surface area contributed by atoms with E-state index in [2.05, 4.69) is 6.58 Å². The summed E-state index contributed by atoms with van der Waals surface area (Å²) < 4.78 is 5.35. The van der Waals surface area contributed by atoms with Gasteiger partial charge in [-0.3, -0.25) is 14.5 Å². The molecule has 1 aliphatic rings. The lowest BCUT2D eigenvalue weighted by molar-refractivity contribution is -0.163. The molecular formula is C14H24N2O4. The summed E-state index contributed by atoms with van der Waals surface area (Å²) in [6.07, 6.45) is 1.81. The summed E-state index contributed by atoms with van der Waals surface area (Å²) in [7, 11) is 0. The van der Waals surface area contributed by atoms with Crippen molar-refractivity contribution in [1.82, 2.24) is 4.90 Å². The van der Waals surface area contributed by atoms with Crippen molar-refractivity contribution in [1.29, 1.82) is 0 Å². The predicted octanol–water partition coefficient (Wildman–Crippen LogP) is 0.964. The van der Waals surface area contributed by atoms with Crippen molar-refractivity contribution in [2.45, 2.75) is 51.4 Å². The fourth-order valence-corrected chi connectivity index (χ4v) is 2.34. The summed E-state index contributed by atoms with van der Waals surface area (Å²) in [4.78, 5) is 24.8. The monoisotopic (exact) mass is 284 g/mol. The van der Waals surface area contributed by atoms with Gasteiger partial charge in [-0.2, -0.15) is 0 Å². The van der Waals surface area contributed by atoms with E-state index in [0.29, 0.717) is 19.4 Å². The maximum absolute atomic E-state index is 12.0. The molecule has 0 unspecified atom stereocenters. The third-order valence-electron chi connectivity index (χ3n) is 3.26. The zero-order valence-corrected chi connectivity index (χ0v) is 12.3. The highest BCUT2D eigenvalue weighted by Crippen LogP contribution is 2.25. The van der Waals surface area contributed by atoms with Gasteiger partial charge in [0.05, 0.1) is 12.1 Å². The molecule has 1 fully saturated rings. The van der Waals surface area contributed by atoms with Gasteiger partial charge in [0, 0.05) is 6.54 Å². The van der Waals surface area contributed by atoms with Crippen molar-refractivity contribution in [3.63, 3.8) is 0 Å². The summed E-state index contributed by atoms with van der Waals surface area (Å²) in [5.74, 6) is -1.52. The topological polar surface area (TPSA) is 92.9 Å². The number of hydrogen-bond acceptors (Lipinski definition) is 5. The van der Waals surface area contributed by atoms with Crippen LogP contribution in [-0.2, 0) is 14.3 Å². The smallest absolute Gasteiger partial charge is 0.324 e. The quantitative estimate of drug-likeness (QED) is 0.590. The number of nitrogens with zero attached hydrogens (tertiary/aromatic N) is 1. The first kappa shape index (κ1) is 16.7. The van der Waals surface area contributed by atoms with E-state index in [1.54, 1.807) is 4.90 Å². The second-order valence-electron chi connectivity index (χ2n) is 6.08. The lowest BCUT2D eigenvalue weighted by atomic mass is 9.93. The summed E-state index contributed by atoms with van der Waals surface area (Å²) in [5.41, 5.74) is 5.47. The number of carbonyl (C=O) groups excluding carboxylic acids is 1. The number of hydrogen-bond donors (Lipinski definition) is 2. The molecule has 3 atom stereocenters. The first-order valence-electron chi connectivity index (χ1n) is 6.75. The van der Waals surface area contributed by atoms with Gasteiger partial charge in [-0.1, -0.05) is 6.08 Å². The van der Waals surface area contributed by atoms with Crippen LogP contribution in [0.1, 0.15) is 33.6 Å². The van der Waals surface area contributed by atoms with Gasteiger partial charge >= 0.3 is 11.9 Å². The number of rotatable bonds is 4. The fraction of sp³-hybridized carbons (Fsp3) is 0.714. The standard InChI is InChI=1S/C14H24N2O4/c1-5-10(12(17)18)16-7-6-9(8-11(16)15)13(19)20-14(2,3)4/h5,9-11H,1,6-8,15H2,2-4H3,(H,17,18)/t9-,10-,11+/m1/s1. The van der Waals surface area contributed by atoms with Gasteiger partial charge in [0.15, 0.2) is 0 Å². The number of piperidine rings is 1. The van der Waals surface area contributed by atoms with Gasteiger partial charge in [-0.05, 0) is 33.6 Å². The van der Waals surface area contributed by atoms with E-state index in [1.807, 2.05) is 20.8 Å². The highest BCUT2D eigenvalue weighted by molar-refractivity contribution is 5.76. The molecule has 0 saturated carbocycles. The van der Waals surface area contributed by atoms with Crippen molar-refractivity contribution in [3.8, 4) is 0 Å². The molecule has 0 aromatic rings. The van der Waals surface area contributed by atoms with Crippen LogP contribution in [0, 0.1) is 5.92 Å². The van der Waals surface area contributed by atoms with Gasteiger partial charge in [-0.15, -0.1) is 6.58 Å². The number of carboxylic acid groups (broad SMARTS) is 1. The Labute approximate surface area is 119 Å². The van der Waals surface area contributed by atoms with Gasteiger partial charge < -0.3 is 15.6 Å². The van der Waals surface area contributed by atoms with Crippen LogP contribution < -0.4 is 5.73 Å². The summed E-state index contributed by atoms with van der Waals surface area (Å²) in [6.45, 7) is 9.42. The number of nitrogens with two attached hydrogens (primary N) is 1. The first-order valence-corrected chi connectivity index (χ1v) is 6.75. The van der Waals surface area contributed by atoms with E-state index < -0.39 is 23.8 Å². The molecule has 0 spiro atoms. The van der Waals surface area contributed by atoms with E-state index in [-0.39, 0.29) is 11.9 Å². The Morgan fingerprint density at radius 2 is 2.10 bits per heavy atom. The largest absolute Gasteiger partial charge is 0.480 e. The van der Waals surface area contributed by atoms with Crippen LogP contribution in [-0.4, -0.2) is 46.3 Å². The molecular weight excluding hydrogens is 260 g/mol. The fourth-order valence-electron chi connectivity index (χ4n) is 2.34. The molecule has 0 radical (unpaired) electrons. The molecule has 0 aromatic heterocycles. The first-order chi connectivity index (χ1) is 9.15. The van der Waals surface area contributed by atoms with Crippen LogP contribution in [0.2, 0.25) is 0 Å². The Morgan fingerprint density at radius 1 is 1.50 bits per heavy atom. The van der Waals surface area contributed by atoms with Crippen LogP contribution in [0.25, 0.3) is 0 Å². The highest BCUT2D eigenvalue weighted by Gasteiger charge is 2.37. The van der Waals surface area contributed by atoms with E-state index in [9.17, 15) is 9.59 Å². The molecule has 6 heteroatoms. The van der Waals surface area contributed by atoms with E-state index in [4.69, 9.17) is 15.6 Å². The predicted molar refractivity (Wildman–Crippen MR) is 74.9 cm³/mol. The summed E-state index contributed by atoms with van der Waals surface area (Å²) in [5, 5.41) is 9.11. The number of likely N-dealkylation sites (tertiary alicyclic amines) is 1. The Hall–Kier alpha value is -1.40. The maximum atomic E-state index is 12.0. The second-order valence-corrected chi connectivity index (χ2v) is 6.08. The van der Waals surface area contributed by atoms with Gasteiger partial charge in [0.1, 0.15) is 11.6 Å². The molecule has 1 rings (SSSR count). The summed E-state index contributed by atoms with van der Waals surface area (Å²) >= 11 is 0. The Kier molecular flexibility index (Phi) is 5.30. The van der Waals surface area contributed by atoms with Crippen molar-refractivity contribution in [3.05, 3.63) is 12.7 Å². The highest BCUT2D eigenvalue weighted by atomic mass is 16.6. The van der Waals surface area contributed by atoms with Crippen LogP contribution >= 0.6 is 0 Å². The minimum Gasteiger partial charge on any atom is -0.480 e. The lowest BCUT2D eigenvalue weighted by Crippen LogP contribution is -2.55. The van der Waals surface area contributed by atoms with Crippen molar-refractivity contribution >= 4 is 11.9 Å². The zero-order valence-electron chi connectivity index (χ0n) is 12.3. The average Bonchev–Trinajstić information content (AvgIpc) is 2.29. The minimum absolute atomic E-state index is 0.266. The van der Waals surface area contributed by atoms with Gasteiger partial charge in [-0.25, -0.2) is 0 Å². The van der Waals surface area contributed by atoms with Gasteiger partial charge in [0.25, 0.3) is 0 Å². The van der Waals surface area contributed by atoms with Crippen molar-refractivity contribution in [2.24, 2.45) is 11.7 Å². The second kappa shape index (κ2) is 6.37. The number of carboxylic acids is 1. The minimum atomic E-state index is -0.980. The molecule has 0 aromatic carbocycles. The van der Waals surface area contributed by atoms with E-state index in [1.165, 1.54) is 6.08 Å². The molecule has 1 heterocycles. The maximum Gasteiger partial charge on any atom is 0.324 e. The number of carbonyl (C=O) groups is 2. The molecule has 6 nitrogen and oxygen atoms in total. The van der Waals surface area contributed by atoms with Crippen LogP contribution in [0.4, 0.5) is 0 Å². The SMILES string of the molecule is C=C[C@H](C(=O)O)N1CC[C@@H](C(=O)OC(C)(C)C)C[C@H]1N. The third kappa shape index (κ3) is 4.31. The lowest BCUT2D eigenvalue weighted by Gasteiger charge is -2.39. The third-order valence-corrected chi connectivity index (χ3v) is 3.26. The van der Waals surface area contributed by atoms with Crippen LogP contribution in [0.15, 0.2) is 12.7 Å².